The smallest absolute Gasteiger partial charge is 0.268 e. The van der Waals surface area contributed by atoms with Crippen molar-refractivity contribution < 1.29 is 9.59 Å². The minimum atomic E-state index is -0.723. The zero-order chi connectivity index (χ0) is 10.8. The average molecular weight is 199 g/mol. The second kappa shape index (κ2) is 3.49. The molecule has 0 aliphatic rings. The summed E-state index contributed by atoms with van der Waals surface area (Å²) in [5, 5.41) is 0.779. The molecule has 15 heavy (non-hydrogen) atoms. The first-order chi connectivity index (χ1) is 7.22. The summed E-state index contributed by atoms with van der Waals surface area (Å²) in [6.45, 7) is 0. The number of para-hydroxylation sites is 1. The highest BCUT2D eigenvalue weighted by Gasteiger charge is 2.11. The lowest BCUT2D eigenvalue weighted by atomic mass is 10.1. The summed E-state index contributed by atoms with van der Waals surface area (Å²) in [5.41, 5.74) is 5.79. The van der Waals surface area contributed by atoms with Crippen molar-refractivity contribution in [3.05, 3.63) is 41.6 Å². The number of nitrogens with two attached hydrogens (primary N) is 1. The summed E-state index contributed by atoms with van der Waals surface area (Å²) < 4.78 is 0. The molecule has 2 rings (SSSR count). The van der Waals surface area contributed by atoms with Gasteiger partial charge >= 0.3 is 0 Å². The summed E-state index contributed by atoms with van der Waals surface area (Å²) >= 11 is 0. The topological polar surface area (TPSA) is 73.1 Å². The molecular formula is C11H7N2O2. The van der Waals surface area contributed by atoms with Gasteiger partial charge in [-0.1, -0.05) is 18.2 Å². The summed E-state index contributed by atoms with van der Waals surface area (Å²) in [7, 11) is 0. The van der Waals surface area contributed by atoms with Gasteiger partial charge in [0.25, 0.3) is 5.91 Å². The standard InChI is InChI=1S/C11H7N2O2/c12-11(15)10-8(6-14)5-7-3-1-2-4-9(7)13-10/h1-5H,(H2,12,15). The Labute approximate surface area is 85.7 Å². The Morgan fingerprint density at radius 3 is 2.73 bits per heavy atom. The maximum atomic E-state index is 11.0. The summed E-state index contributed by atoms with van der Waals surface area (Å²) in [6, 6.07) is 8.71. The molecule has 0 aliphatic carbocycles. The van der Waals surface area contributed by atoms with E-state index in [0.717, 1.165) is 5.39 Å². The number of carbonyl (C=O) groups excluding carboxylic acids is 2. The Hall–Kier alpha value is -2.23. The van der Waals surface area contributed by atoms with Crippen LogP contribution in [0.3, 0.4) is 0 Å². The molecule has 1 aromatic carbocycles. The van der Waals surface area contributed by atoms with Crippen LogP contribution >= 0.6 is 0 Å². The van der Waals surface area contributed by atoms with Gasteiger partial charge in [-0.05, 0) is 12.1 Å². The summed E-state index contributed by atoms with van der Waals surface area (Å²) in [4.78, 5) is 25.6. The maximum absolute atomic E-state index is 11.0. The Kier molecular flexibility index (Phi) is 2.17. The van der Waals surface area contributed by atoms with E-state index in [4.69, 9.17) is 5.73 Å². The van der Waals surface area contributed by atoms with Crippen LogP contribution in [0.1, 0.15) is 16.1 Å². The molecule has 0 saturated carbocycles. The lowest BCUT2D eigenvalue weighted by Gasteiger charge is -2.01. The Balaban J connectivity index is 2.80. The van der Waals surface area contributed by atoms with Gasteiger partial charge in [-0.15, -0.1) is 0 Å². The SMILES string of the molecule is NC(=O)c1nc2ccccc2cc1[C]=O. The molecule has 73 valence electrons. The van der Waals surface area contributed by atoms with Crippen LogP contribution in [0.4, 0.5) is 0 Å². The van der Waals surface area contributed by atoms with Crippen molar-refractivity contribution in [2.75, 3.05) is 0 Å². The van der Waals surface area contributed by atoms with E-state index in [1.54, 1.807) is 30.6 Å². The lowest BCUT2D eigenvalue weighted by Crippen LogP contribution is -2.15. The highest BCUT2D eigenvalue weighted by Crippen LogP contribution is 2.14. The predicted octanol–water partition coefficient (Wildman–Crippen LogP) is 0.792. The largest absolute Gasteiger partial charge is 0.364 e. The second-order valence-electron chi connectivity index (χ2n) is 3.04. The zero-order valence-electron chi connectivity index (χ0n) is 7.73. The van der Waals surface area contributed by atoms with E-state index in [1.807, 2.05) is 6.07 Å². The van der Waals surface area contributed by atoms with Crippen LogP contribution in [-0.4, -0.2) is 17.2 Å². The number of pyridine rings is 1. The monoisotopic (exact) mass is 199 g/mol. The Bertz CT molecular complexity index is 549. The number of benzene rings is 1. The van der Waals surface area contributed by atoms with E-state index < -0.39 is 5.91 Å². The van der Waals surface area contributed by atoms with Crippen molar-refractivity contribution in [3.8, 4) is 0 Å². The molecule has 0 spiro atoms. The lowest BCUT2D eigenvalue weighted by molar-refractivity contribution is 0.0995. The first-order valence-corrected chi connectivity index (χ1v) is 4.30. The molecule has 0 atom stereocenters. The number of primary amides is 1. The summed E-state index contributed by atoms with van der Waals surface area (Å²) in [6.07, 6.45) is 1.66. The molecule has 0 saturated heterocycles. The quantitative estimate of drug-likeness (QED) is 0.777. The minimum Gasteiger partial charge on any atom is -0.364 e. The van der Waals surface area contributed by atoms with Crippen LogP contribution in [0, 0.1) is 0 Å². The van der Waals surface area contributed by atoms with Crippen molar-refractivity contribution in [2.24, 2.45) is 5.73 Å². The van der Waals surface area contributed by atoms with Crippen LogP contribution in [0.2, 0.25) is 0 Å². The van der Waals surface area contributed by atoms with Gasteiger partial charge in [0.05, 0.1) is 11.1 Å². The van der Waals surface area contributed by atoms with Gasteiger partial charge < -0.3 is 5.73 Å². The van der Waals surface area contributed by atoms with Gasteiger partial charge in [-0.2, -0.15) is 0 Å². The second-order valence-corrected chi connectivity index (χ2v) is 3.04. The number of carbonyl (C=O) groups is 1. The van der Waals surface area contributed by atoms with E-state index in [2.05, 4.69) is 4.98 Å². The van der Waals surface area contributed by atoms with Crippen molar-refractivity contribution in [3.63, 3.8) is 0 Å². The van der Waals surface area contributed by atoms with Crippen molar-refractivity contribution in [1.82, 2.24) is 4.98 Å². The van der Waals surface area contributed by atoms with E-state index >= 15 is 0 Å². The molecule has 1 heterocycles. The molecule has 1 aromatic heterocycles. The number of fused-ring (bicyclic) bond motifs is 1. The summed E-state index contributed by atoms with van der Waals surface area (Å²) in [5.74, 6) is -0.723. The van der Waals surface area contributed by atoms with Gasteiger partial charge in [0.1, 0.15) is 5.69 Å². The number of hydrogen-bond donors (Lipinski definition) is 1. The molecule has 4 nitrogen and oxygen atoms in total. The van der Waals surface area contributed by atoms with Gasteiger partial charge in [0.2, 0.25) is 6.29 Å². The molecule has 1 radical (unpaired) electrons. The molecule has 4 heteroatoms. The molecule has 2 aromatic rings. The highest BCUT2D eigenvalue weighted by atomic mass is 16.1. The Morgan fingerprint density at radius 1 is 1.33 bits per heavy atom. The molecule has 1 amide bonds. The van der Waals surface area contributed by atoms with Crippen LogP contribution in [0.25, 0.3) is 10.9 Å². The number of amides is 1. The zero-order valence-corrected chi connectivity index (χ0v) is 7.73. The van der Waals surface area contributed by atoms with Crippen molar-refractivity contribution in [2.45, 2.75) is 0 Å². The van der Waals surface area contributed by atoms with Gasteiger partial charge in [-0.25, -0.2) is 4.98 Å². The van der Waals surface area contributed by atoms with E-state index in [-0.39, 0.29) is 11.3 Å². The third kappa shape index (κ3) is 1.57. The minimum absolute atomic E-state index is 0.0382. The molecule has 0 bridgehead atoms. The third-order valence-corrected chi connectivity index (χ3v) is 2.07. The van der Waals surface area contributed by atoms with Crippen LogP contribution < -0.4 is 5.73 Å². The Morgan fingerprint density at radius 2 is 2.07 bits per heavy atom. The van der Waals surface area contributed by atoms with Gasteiger partial charge in [0, 0.05) is 5.39 Å². The molecule has 2 N–H and O–H groups in total. The number of rotatable bonds is 2. The first kappa shape index (κ1) is 9.33. The molecule has 0 unspecified atom stereocenters. The first-order valence-electron chi connectivity index (χ1n) is 4.30. The molecule has 0 aliphatic heterocycles. The fourth-order valence-corrected chi connectivity index (χ4v) is 1.38. The third-order valence-electron chi connectivity index (χ3n) is 2.07. The highest BCUT2D eigenvalue weighted by molar-refractivity contribution is 6.01. The number of hydrogen-bond acceptors (Lipinski definition) is 3. The van der Waals surface area contributed by atoms with Crippen molar-refractivity contribution in [1.29, 1.82) is 0 Å². The fraction of sp³-hybridized carbons (Fsp3) is 0. The van der Waals surface area contributed by atoms with E-state index in [0.29, 0.717) is 5.52 Å². The van der Waals surface area contributed by atoms with Crippen molar-refractivity contribution >= 4 is 23.1 Å². The number of aromatic nitrogens is 1. The normalized spacial score (nSPS) is 10.1. The van der Waals surface area contributed by atoms with Gasteiger partial charge in [-0.3, -0.25) is 9.59 Å². The van der Waals surface area contributed by atoms with Gasteiger partial charge in [0.15, 0.2) is 0 Å². The van der Waals surface area contributed by atoms with E-state index in [9.17, 15) is 9.59 Å². The van der Waals surface area contributed by atoms with Crippen LogP contribution in [-0.2, 0) is 4.79 Å². The molecular weight excluding hydrogens is 192 g/mol. The number of nitrogens with zero attached hydrogens (tertiary/aromatic N) is 1. The molecule has 0 fully saturated rings. The fourth-order valence-electron chi connectivity index (χ4n) is 1.38. The maximum Gasteiger partial charge on any atom is 0.268 e. The van der Waals surface area contributed by atoms with Crippen LogP contribution in [0.5, 0.6) is 0 Å². The van der Waals surface area contributed by atoms with E-state index in [1.165, 1.54) is 0 Å². The predicted molar refractivity (Wildman–Crippen MR) is 55.1 cm³/mol. The average Bonchev–Trinajstić information content (AvgIpc) is 2.27. The van der Waals surface area contributed by atoms with Crippen LogP contribution in [0.15, 0.2) is 30.3 Å².